The predicted octanol–water partition coefficient (Wildman–Crippen LogP) is -0.975. The Morgan fingerprint density at radius 3 is 2.56 bits per heavy atom. The van der Waals surface area contributed by atoms with E-state index in [-0.39, 0.29) is 3.83 Å². The standard InChI is InChI=1S/C3H6AsNO3S/c6-4(7,8)3-5-1-2-9-3/h1-2H2,(H2,6,7,8). The molecule has 9 heavy (non-hydrogen) atoms. The maximum absolute atomic E-state index is 10.4. The maximum atomic E-state index is 10.4. The molecule has 0 aromatic carbocycles. The molecule has 6 heteroatoms. The summed E-state index contributed by atoms with van der Waals surface area (Å²) in [6, 6.07) is 0. The topological polar surface area (TPSA) is 69.9 Å². The average molecular weight is 211 g/mol. The van der Waals surface area contributed by atoms with Gasteiger partial charge in [0, 0.05) is 0 Å². The van der Waals surface area contributed by atoms with E-state index in [4.69, 9.17) is 8.19 Å². The van der Waals surface area contributed by atoms with Crippen LogP contribution in [0.25, 0.3) is 0 Å². The Morgan fingerprint density at radius 2 is 2.33 bits per heavy atom. The van der Waals surface area contributed by atoms with Gasteiger partial charge in [-0.15, -0.1) is 0 Å². The van der Waals surface area contributed by atoms with Crippen LogP contribution >= 0.6 is 11.8 Å². The monoisotopic (exact) mass is 211 g/mol. The summed E-state index contributed by atoms with van der Waals surface area (Å²) >= 11 is -3.41. The number of hydrogen-bond acceptors (Lipinski definition) is 3. The summed E-state index contributed by atoms with van der Waals surface area (Å²) in [4.78, 5) is 3.65. The Kier molecular flexibility index (Phi) is 2.06. The molecule has 52 valence electrons. The van der Waals surface area contributed by atoms with Gasteiger partial charge in [0.15, 0.2) is 0 Å². The van der Waals surface area contributed by atoms with Crippen molar-refractivity contribution < 1.29 is 11.9 Å². The predicted molar refractivity (Wildman–Crippen MR) is 35.6 cm³/mol. The normalized spacial score (nSPS) is 20.0. The van der Waals surface area contributed by atoms with E-state index in [1.165, 1.54) is 0 Å². The van der Waals surface area contributed by atoms with Crippen molar-refractivity contribution in [1.82, 2.24) is 0 Å². The summed E-state index contributed by atoms with van der Waals surface area (Å²) < 4.78 is 27.6. The van der Waals surface area contributed by atoms with Crippen LogP contribution in [0.4, 0.5) is 0 Å². The third kappa shape index (κ3) is 1.86. The SMILES string of the molecule is O=[As](O)(O)C1=NCCS1. The van der Waals surface area contributed by atoms with E-state index >= 15 is 0 Å². The summed E-state index contributed by atoms with van der Waals surface area (Å²) in [6.45, 7) is 0.548. The van der Waals surface area contributed by atoms with Gasteiger partial charge < -0.3 is 0 Å². The molecule has 0 aromatic rings. The van der Waals surface area contributed by atoms with Crippen LogP contribution < -0.4 is 0 Å². The minimum absolute atomic E-state index is 0.0492. The third-order valence-corrected chi connectivity index (χ3v) is 4.98. The van der Waals surface area contributed by atoms with Gasteiger partial charge in [-0.2, -0.15) is 0 Å². The summed E-state index contributed by atoms with van der Waals surface area (Å²) in [6.07, 6.45) is 0. The molecule has 2 N–H and O–H groups in total. The zero-order chi connectivity index (χ0) is 6.91. The van der Waals surface area contributed by atoms with Gasteiger partial charge in [0.2, 0.25) is 0 Å². The average Bonchev–Trinajstić information content (AvgIpc) is 2.08. The van der Waals surface area contributed by atoms with E-state index in [0.29, 0.717) is 12.3 Å². The third-order valence-electron chi connectivity index (χ3n) is 0.819. The Labute approximate surface area is 59.4 Å². The second kappa shape index (κ2) is 2.50. The zero-order valence-electron chi connectivity index (χ0n) is 4.52. The van der Waals surface area contributed by atoms with Crippen LogP contribution in [-0.2, 0) is 3.74 Å². The fraction of sp³-hybridized carbons (Fsp3) is 0.667. The zero-order valence-corrected chi connectivity index (χ0v) is 7.21. The fourth-order valence-electron chi connectivity index (χ4n) is 0.500. The number of nitrogens with zero attached hydrogens (tertiary/aromatic N) is 1. The van der Waals surface area contributed by atoms with Gasteiger partial charge in [0.1, 0.15) is 0 Å². The van der Waals surface area contributed by atoms with E-state index in [2.05, 4.69) is 4.99 Å². The van der Waals surface area contributed by atoms with Crippen molar-refractivity contribution >= 4 is 29.8 Å². The first-order valence-electron chi connectivity index (χ1n) is 2.34. The summed E-state index contributed by atoms with van der Waals surface area (Å²) in [5.74, 6) is 0.710. The molecule has 1 aliphatic rings. The van der Waals surface area contributed by atoms with Crippen LogP contribution in [0.1, 0.15) is 0 Å². The van der Waals surface area contributed by atoms with E-state index in [0.717, 1.165) is 11.8 Å². The molecule has 4 nitrogen and oxygen atoms in total. The van der Waals surface area contributed by atoms with Gasteiger partial charge >= 0.3 is 59.0 Å². The van der Waals surface area contributed by atoms with Crippen LogP contribution in [0.5, 0.6) is 0 Å². The van der Waals surface area contributed by atoms with Crippen molar-refractivity contribution in [2.24, 2.45) is 4.99 Å². The van der Waals surface area contributed by atoms with Gasteiger partial charge in [-0.1, -0.05) is 0 Å². The molecule has 0 atom stereocenters. The van der Waals surface area contributed by atoms with Crippen molar-refractivity contribution in [3.8, 4) is 0 Å². The van der Waals surface area contributed by atoms with E-state index < -0.39 is 14.2 Å². The van der Waals surface area contributed by atoms with Gasteiger partial charge in [0.05, 0.1) is 0 Å². The molecule has 0 aromatic heterocycles. The molecule has 1 rings (SSSR count). The molecule has 0 fully saturated rings. The van der Waals surface area contributed by atoms with E-state index in [1.807, 2.05) is 0 Å². The van der Waals surface area contributed by atoms with Crippen LogP contribution in [0, 0.1) is 0 Å². The first kappa shape index (κ1) is 7.41. The van der Waals surface area contributed by atoms with Crippen LogP contribution in [0.3, 0.4) is 0 Å². The number of thioether (sulfide) groups is 1. The number of aliphatic imine (C=N–C) groups is 1. The Balaban J connectivity index is 2.73. The number of rotatable bonds is 1. The van der Waals surface area contributed by atoms with Gasteiger partial charge in [-0.05, 0) is 0 Å². The Hall–Kier alpha value is 0.298. The fourth-order valence-corrected chi connectivity index (χ4v) is 3.45. The molecule has 1 aliphatic heterocycles. The minimum atomic E-state index is -4.57. The molecule has 0 saturated carbocycles. The molecule has 0 aliphatic carbocycles. The quantitative estimate of drug-likeness (QED) is 0.547. The second-order valence-electron chi connectivity index (χ2n) is 1.56. The van der Waals surface area contributed by atoms with Crippen molar-refractivity contribution in [3.63, 3.8) is 0 Å². The van der Waals surface area contributed by atoms with E-state index in [9.17, 15) is 3.74 Å². The Morgan fingerprint density at radius 1 is 1.67 bits per heavy atom. The molecule has 0 spiro atoms. The van der Waals surface area contributed by atoms with Gasteiger partial charge in [-0.3, -0.25) is 0 Å². The molecule has 0 bridgehead atoms. The first-order valence-corrected chi connectivity index (χ1v) is 6.71. The van der Waals surface area contributed by atoms with Crippen LogP contribution in [-0.4, -0.2) is 38.5 Å². The summed E-state index contributed by atoms with van der Waals surface area (Å²) in [5, 5.41) is 0. The van der Waals surface area contributed by atoms with Crippen molar-refractivity contribution in [3.05, 3.63) is 0 Å². The summed E-state index contributed by atoms with van der Waals surface area (Å²) in [5.41, 5.74) is 0. The molecule has 0 amide bonds. The molecule has 0 unspecified atom stereocenters. The molecule has 0 saturated heterocycles. The first-order chi connectivity index (χ1) is 4.11. The molecular formula is C3H6AsNO3S. The molecular weight excluding hydrogens is 205 g/mol. The molecule has 1 heterocycles. The van der Waals surface area contributed by atoms with Crippen molar-refractivity contribution in [2.45, 2.75) is 0 Å². The van der Waals surface area contributed by atoms with E-state index in [1.54, 1.807) is 0 Å². The van der Waals surface area contributed by atoms with Gasteiger partial charge in [0.25, 0.3) is 0 Å². The van der Waals surface area contributed by atoms with Crippen LogP contribution in [0.15, 0.2) is 4.99 Å². The summed E-state index contributed by atoms with van der Waals surface area (Å²) in [7, 11) is 0. The van der Waals surface area contributed by atoms with Crippen molar-refractivity contribution in [1.29, 1.82) is 0 Å². The van der Waals surface area contributed by atoms with Crippen LogP contribution in [0.2, 0.25) is 0 Å². The molecule has 0 radical (unpaired) electrons. The second-order valence-corrected chi connectivity index (χ2v) is 6.47. The Bertz CT molecular complexity index is 185. The van der Waals surface area contributed by atoms with Gasteiger partial charge in [-0.25, -0.2) is 0 Å². The van der Waals surface area contributed by atoms with Crippen molar-refractivity contribution in [2.75, 3.05) is 12.3 Å². The number of hydrogen-bond donors (Lipinski definition) is 2.